The first-order valence-corrected chi connectivity index (χ1v) is 7.47. The van der Waals surface area contributed by atoms with Crippen LogP contribution in [0.5, 0.6) is 5.75 Å². The molecular formula is C17H11Cl2N3O. The molecule has 0 fully saturated rings. The molecule has 0 aliphatic rings. The fraction of sp³-hybridized carbons (Fsp3) is 0.0588. The molecule has 1 aromatic heterocycles. The topological polar surface area (TPSA) is 57.9 Å². The van der Waals surface area contributed by atoms with Crippen LogP contribution < -0.4 is 10.1 Å². The number of aromatic nitrogens is 1. The van der Waals surface area contributed by atoms with Crippen molar-refractivity contribution in [1.82, 2.24) is 4.98 Å². The molecule has 0 aliphatic heterocycles. The number of ether oxygens (including phenoxy) is 1. The molecule has 0 radical (unpaired) electrons. The second-order valence-electron chi connectivity index (χ2n) is 4.76. The first-order valence-electron chi connectivity index (χ1n) is 6.72. The van der Waals surface area contributed by atoms with Crippen LogP contribution in [0.15, 0.2) is 42.6 Å². The molecule has 2 aromatic carbocycles. The minimum atomic E-state index is 0.396. The van der Waals surface area contributed by atoms with Gasteiger partial charge in [0.05, 0.1) is 40.0 Å². The second kappa shape index (κ2) is 6.33. The summed E-state index contributed by atoms with van der Waals surface area (Å²) in [6.45, 7) is 0. The van der Waals surface area contributed by atoms with E-state index in [2.05, 4.69) is 16.4 Å². The molecule has 3 aromatic rings. The Bertz CT molecular complexity index is 935. The first-order chi connectivity index (χ1) is 11.1. The Morgan fingerprint density at radius 3 is 2.74 bits per heavy atom. The molecule has 114 valence electrons. The number of pyridine rings is 1. The molecule has 4 nitrogen and oxygen atoms in total. The molecular weight excluding hydrogens is 333 g/mol. The fourth-order valence-corrected chi connectivity index (χ4v) is 2.78. The Kier molecular flexibility index (Phi) is 4.24. The second-order valence-corrected chi connectivity index (χ2v) is 5.61. The first kappa shape index (κ1) is 15.4. The Balaban J connectivity index is 2.24. The van der Waals surface area contributed by atoms with Crippen LogP contribution in [0.3, 0.4) is 0 Å². The summed E-state index contributed by atoms with van der Waals surface area (Å²) >= 11 is 12.1. The monoisotopic (exact) mass is 343 g/mol. The maximum atomic E-state index is 9.41. The fourth-order valence-electron chi connectivity index (χ4n) is 2.32. The molecule has 3 rings (SSSR count). The van der Waals surface area contributed by atoms with E-state index < -0.39 is 0 Å². The van der Waals surface area contributed by atoms with Crippen molar-refractivity contribution in [2.75, 3.05) is 12.4 Å². The Hall–Kier alpha value is -2.48. The van der Waals surface area contributed by atoms with Crippen molar-refractivity contribution in [2.45, 2.75) is 0 Å². The zero-order valence-electron chi connectivity index (χ0n) is 12.1. The van der Waals surface area contributed by atoms with Gasteiger partial charge in [0.1, 0.15) is 11.8 Å². The van der Waals surface area contributed by atoms with Gasteiger partial charge in [-0.05, 0) is 30.3 Å². The van der Waals surface area contributed by atoms with Crippen molar-refractivity contribution in [3.8, 4) is 11.8 Å². The van der Waals surface area contributed by atoms with E-state index in [1.54, 1.807) is 25.3 Å². The zero-order valence-corrected chi connectivity index (χ0v) is 13.6. The standard InChI is InChI=1S/C17H11Cl2N3O/c1-23-15-4-2-3-14-16(15)17(10(8-20)9-21-14)22-13-6-5-11(18)7-12(13)19/h2-7,9H,1H3,(H,21,22). The van der Waals surface area contributed by atoms with Crippen molar-refractivity contribution >= 4 is 45.5 Å². The number of hydrogen-bond acceptors (Lipinski definition) is 4. The van der Waals surface area contributed by atoms with Gasteiger partial charge in [-0.1, -0.05) is 29.3 Å². The average molecular weight is 344 g/mol. The van der Waals surface area contributed by atoms with Gasteiger partial charge in [0.25, 0.3) is 0 Å². The lowest BCUT2D eigenvalue weighted by Gasteiger charge is -2.15. The normalized spacial score (nSPS) is 10.3. The van der Waals surface area contributed by atoms with Gasteiger partial charge < -0.3 is 10.1 Å². The third kappa shape index (κ3) is 2.89. The molecule has 0 bridgehead atoms. The molecule has 23 heavy (non-hydrogen) atoms. The maximum Gasteiger partial charge on any atom is 0.130 e. The summed E-state index contributed by atoms with van der Waals surface area (Å²) < 4.78 is 5.41. The number of halogens is 2. The highest BCUT2D eigenvalue weighted by atomic mass is 35.5. The average Bonchev–Trinajstić information content (AvgIpc) is 2.56. The lowest BCUT2D eigenvalue weighted by molar-refractivity contribution is 0.420. The van der Waals surface area contributed by atoms with Crippen molar-refractivity contribution in [3.05, 3.63) is 58.2 Å². The minimum Gasteiger partial charge on any atom is -0.496 e. The molecule has 0 unspecified atom stereocenters. The van der Waals surface area contributed by atoms with Gasteiger partial charge in [-0.3, -0.25) is 4.98 Å². The van der Waals surface area contributed by atoms with E-state index in [-0.39, 0.29) is 0 Å². The van der Waals surface area contributed by atoms with Gasteiger partial charge >= 0.3 is 0 Å². The highest BCUT2D eigenvalue weighted by molar-refractivity contribution is 6.36. The number of nitrogens with zero attached hydrogens (tertiary/aromatic N) is 2. The smallest absolute Gasteiger partial charge is 0.130 e. The quantitative estimate of drug-likeness (QED) is 0.712. The van der Waals surface area contributed by atoms with E-state index in [0.717, 1.165) is 10.9 Å². The zero-order chi connectivity index (χ0) is 16.4. The number of fused-ring (bicyclic) bond motifs is 1. The molecule has 0 saturated carbocycles. The number of nitriles is 1. The van der Waals surface area contributed by atoms with E-state index in [9.17, 15) is 5.26 Å². The summed E-state index contributed by atoms with van der Waals surface area (Å²) in [6, 6.07) is 12.8. The van der Waals surface area contributed by atoms with Crippen molar-refractivity contribution in [2.24, 2.45) is 0 Å². The van der Waals surface area contributed by atoms with Crippen molar-refractivity contribution in [1.29, 1.82) is 5.26 Å². The number of benzene rings is 2. The minimum absolute atomic E-state index is 0.396. The van der Waals surface area contributed by atoms with E-state index in [1.165, 1.54) is 6.20 Å². The van der Waals surface area contributed by atoms with Crippen LogP contribution in [0.25, 0.3) is 10.9 Å². The predicted molar refractivity (Wildman–Crippen MR) is 92.8 cm³/mol. The summed E-state index contributed by atoms with van der Waals surface area (Å²) in [7, 11) is 1.58. The Morgan fingerprint density at radius 1 is 1.22 bits per heavy atom. The van der Waals surface area contributed by atoms with Gasteiger partial charge in [0.2, 0.25) is 0 Å². The van der Waals surface area contributed by atoms with Crippen LogP contribution in [0.1, 0.15) is 5.56 Å². The molecule has 6 heteroatoms. The summed E-state index contributed by atoms with van der Waals surface area (Å²) in [5.74, 6) is 0.625. The maximum absolute atomic E-state index is 9.41. The van der Waals surface area contributed by atoms with E-state index in [0.29, 0.717) is 32.7 Å². The Labute approximate surface area is 143 Å². The van der Waals surface area contributed by atoms with Gasteiger partial charge in [-0.15, -0.1) is 0 Å². The SMILES string of the molecule is COc1cccc2ncc(C#N)c(Nc3ccc(Cl)cc3Cl)c12. The van der Waals surface area contributed by atoms with Crippen LogP contribution in [0.2, 0.25) is 10.0 Å². The number of rotatable bonds is 3. The van der Waals surface area contributed by atoms with Gasteiger partial charge in [0, 0.05) is 11.2 Å². The summed E-state index contributed by atoms with van der Waals surface area (Å²) in [6.07, 6.45) is 1.52. The number of nitrogens with one attached hydrogen (secondary N) is 1. The molecule has 0 saturated heterocycles. The summed E-state index contributed by atoms with van der Waals surface area (Å²) in [5, 5.41) is 14.3. The van der Waals surface area contributed by atoms with Crippen LogP contribution in [-0.2, 0) is 0 Å². The van der Waals surface area contributed by atoms with E-state index >= 15 is 0 Å². The number of anilines is 2. The van der Waals surface area contributed by atoms with E-state index in [4.69, 9.17) is 27.9 Å². The molecule has 0 spiro atoms. The summed E-state index contributed by atoms with van der Waals surface area (Å²) in [5.41, 5.74) is 2.36. The Morgan fingerprint density at radius 2 is 2.04 bits per heavy atom. The number of methoxy groups -OCH3 is 1. The van der Waals surface area contributed by atoms with Crippen LogP contribution >= 0.6 is 23.2 Å². The van der Waals surface area contributed by atoms with Crippen LogP contribution in [-0.4, -0.2) is 12.1 Å². The third-order valence-corrected chi connectivity index (χ3v) is 3.94. The molecule has 1 N–H and O–H groups in total. The van der Waals surface area contributed by atoms with Gasteiger partial charge in [0.15, 0.2) is 0 Å². The van der Waals surface area contributed by atoms with Crippen molar-refractivity contribution < 1.29 is 4.74 Å². The number of hydrogen-bond donors (Lipinski definition) is 1. The molecule has 0 atom stereocenters. The highest BCUT2D eigenvalue weighted by Gasteiger charge is 2.14. The highest BCUT2D eigenvalue weighted by Crippen LogP contribution is 2.37. The predicted octanol–water partition coefficient (Wildman–Crippen LogP) is 5.17. The molecule has 0 amide bonds. The van der Waals surface area contributed by atoms with Gasteiger partial charge in [-0.25, -0.2) is 0 Å². The molecule has 0 aliphatic carbocycles. The van der Waals surface area contributed by atoms with Crippen molar-refractivity contribution in [3.63, 3.8) is 0 Å². The molecule has 1 heterocycles. The van der Waals surface area contributed by atoms with Crippen LogP contribution in [0, 0.1) is 11.3 Å². The summed E-state index contributed by atoms with van der Waals surface area (Å²) in [4.78, 5) is 4.30. The lowest BCUT2D eigenvalue weighted by Crippen LogP contribution is -1.99. The lowest BCUT2D eigenvalue weighted by atomic mass is 10.1. The van der Waals surface area contributed by atoms with Gasteiger partial charge in [-0.2, -0.15) is 5.26 Å². The third-order valence-electron chi connectivity index (χ3n) is 3.39. The largest absolute Gasteiger partial charge is 0.496 e. The van der Waals surface area contributed by atoms with Crippen LogP contribution in [0.4, 0.5) is 11.4 Å². The van der Waals surface area contributed by atoms with E-state index in [1.807, 2.05) is 18.2 Å².